The van der Waals surface area contributed by atoms with Crippen LogP contribution < -0.4 is 4.74 Å². The van der Waals surface area contributed by atoms with E-state index in [4.69, 9.17) is 9.47 Å². The van der Waals surface area contributed by atoms with Gasteiger partial charge in [-0.3, -0.25) is 0 Å². The molecule has 0 unspecified atom stereocenters. The molecule has 0 atom stereocenters. The molecule has 0 saturated carbocycles. The maximum Gasteiger partial charge on any atom is 0.147 e. The summed E-state index contributed by atoms with van der Waals surface area (Å²) in [5.74, 6) is 1.66. The Labute approximate surface area is 144 Å². The number of hydrogen-bond donors (Lipinski definition) is 1. The summed E-state index contributed by atoms with van der Waals surface area (Å²) in [6.45, 7) is 2.26. The topological polar surface area (TPSA) is 18.5 Å². The van der Waals surface area contributed by atoms with Crippen LogP contribution in [0.2, 0.25) is 0 Å². The first kappa shape index (κ1) is 16.1. The van der Waals surface area contributed by atoms with E-state index >= 15 is 0 Å². The Hall–Kier alpha value is 0.770. The van der Waals surface area contributed by atoms with Crippen LogP contribution in [0.5, 0.6) is 5.75 Å². The highest BCUT2D eigenvalue weighted by Crippen LogP contribution is 2.39. The molecule has 1 heterocycles. The summed E-state index contributed by atoms with van der Waals surface area (Å²) in [7, 11) is 0. The van der Waals surface area contributed by atoms with Gasteiger partial charge < -0.3 is 9.47 Å². The molecule has 106 valence electrons. The van der Waals surface area contributed by atoms with E-state index in [-0.39, 0.29) is 5.41 Å². The van der Waals surface area contributed by atoms with Crippen molar-refractivity contribution in [2.24, 2.45) is 5.41 Å². The average molecular weight is 475 g/mol. The van der Waals surface area contributed by atoms with Crippen LogP contribution in [-0.4, -0.2) is 25.6 Å². The third kappa shape index (κ3) is 4.13. The van der Waals surface area contributed by atoms with Gasteiger partial charge in [0, 0.05) is 23.1 Å². The van der Waals surface area contributed by atoms with Crippen LogP contribution in [0.25, 0.3) is 0 Å². The lowest BCUT2D eigenvalue weighted by Crippen LogP contribution is -2.37. The van der Waals surface area contributed by atoms with Gasteiger partial charge >= 0.3 is 0 Å². The Bertz CT molecular complexity index is 425. The smallest absolute Gasteiger partial charge is 0.147 e. The van der Waals surface area contributed by atoms with Crippen molar-refractivity contribution in [3.63, 3.8) is 0 Å². The molecule has 0 aromatic heterocycles. The van der Waals surface area contributed by atoms with E-state index in [9.17, 15) is 0 Å². The highest BCUT2D eigenvalue weighted by Gasteiger charge is 2.32. The molecule has 1 aromatic rings. The molecule has 1 aromatic carbocycles. The molecule has 0 bridgehead atoms. The van der Waals surface area contributed by atoms with E-state index in [1.807, 2.05) is 12.1 Å². The third-order valence-electron chi connectivity index (χ3n) is 3.37. The lowest BCUT2D eigenvalue weighted by molar-refractivity contribution is 0.00283. The lowest BCUT2D eigenvalue weighted by Gasteiger charge is -2.35. The first-order valence-electron chi connectivity index (χ1n) is 6.02. The third-order valence-corrected chi connectivity index (χ3v) is 5.68. The van der Waals surface area contributed by atoms with Crippen molar-refractivity contribution >= 4 is 60.4 Å². The molecule has 1 aliphatic heterocycles. The zero-order chi connectivity index (χ0) is 13.9. The molecular weight excluding hydrogens is 460 g/mol. The van der Waals surface area contributed by atoms with Gasteiger partial charge in [-0.25, -0.2) is 0 Å². The Balaban J connectivity index is 2.09. The summed E-state index contributed by atoms with van der Waals surface area (Å²) >= 11 is 15.0. The molecule has 0 amide bonds. The number of halogens is 3. The van der Waals surface area contributed by atoms with Crippen molar-refractivity contribution in [2.75, 3.05) is 25.6 Å². The SMILES string of the molecule is SCC1(COc2c(Br)cc(Br)cc2Br)CCOCC1. The number of thiol groups is 1. The number of hydrogen-bond acceptors (Lipinski definition) is 3. The molecule has 1 saturated heterocycles. The molecule has 6 heteroatoms. The predicted octanol–water partition coefficient (Wildman–Crippen LogP) is 5.08. The summed E-state index contributed by atoms with van der Waals surface area (Å²) in [6.07, 6.45) is 2.00. The summed E-state index contributed by atoms with van der Waals surface area (Å²) < 4.78 is 14.4. The highest BCUT2D eigenvalue weighted by molar-refractivity contribution is 9.11. The van der Waals surface area contributed by atoms with Crippen LogP contribution in [0, 0.1) is 5.41 Å². The molecule has 2 rings (SSSR count). The van der Waals surface area contributed by atoms with Crippen LogP contribution in [0.15, 0.2) is 25.6 Å². The van der Waals surface area contributed by atoms with Crippen LogP contribution >= 0.6 is 60.4 Å². The average Bonchev–Trinajstić information content (AvgIpc) is 2.38. The van der Waals surface area contributed by atoms with Crippen LogP contribution in [-0.2, 0) is 4.74 Å². The second-order valence-corrected chi connectivity index (χ2v) is 7.70. The molecule has 0 aliphatic carbocycles. The van der Waals surface area contributed by atoms with Gasteiger partial charge in [0.25, 0.3) is 0 Å². The van der Waals surface area contributed by atoms with Crippen molar-refractivity contribution in [1.29, 1.82) is 0 Å². The van der Waals surface area contributed by atoms with Crippen LogP contribution in [0.4, 0.5) is 0 Å². The predicted molar refractivity (Wildman–Crippen MR) is 91.4 cm³/mol. The van der Waals surface area contributed by atoms with Crippen molar-refractivity contribution in [2.45, 2.75) is 12.8 Å². The van der Waals surface area contributed by atoms with Gasteiger partial charge in [-0.05, 0) is 62.6 Å². The molecule has 1 fully saturated rings. The monoisotopic (exact) mass is 472 g/mol. The van der Waals surface area contributed by atoms with Crippen molar-refractivity contribution in [1.82, 2.24) is 0 Å². The Morgan fingerprint density at radius 1 is 1.16 bits per heavy atom. The van der Waals surface area contributed by atoms with E-state index in [1.165, 1.54) is 0 Å². The maximum absolute atomic E-state index is 6.04. The zero-order valence-electron chi connectivity index (χ0n) is 10.3. The largest absolute Gasteiger partial charge is 0.491 e. The summed E-state index contributed by atoms with van der Waals surface area (Å²) in [4.78, 5) is 0. The molecule has 1 aliphatic rings. The van der Waals surface area contributed by atoms with Crippen molar-refractivity contribution in [3.05, 3.63) is 25.6 Å². The summed E-state index contributed by atoms with van der Waals surface area (Å²) in [5.41, 5.74) is 0.118. The second-order valence-electron chi connectivity index (χ2n) is 4.76. The van der Waals surface area contributed by atoms with Crippen molar-refractivity contribution in [3.8, 4) is 5.75 Å². The molecule has 19 heavy (non-hydrogen) atoms. The minimum atomic E-state index is 0.118. The number of benzene rings is 1. The molecular formula is C13H15Br3O2S. The normalized spacial score (nSPS) is 18.3. The van der Waals surface area contributed by atoms with Gasteiger partial charge in [-0.15, -0.1) is 0 Å². The maximum atomic E-state index is 6.04. The quantitative estimate of drug-likeness (QED) is 0.613. The minimum absolute atomic E-state index is 0.118. The highest BCUT2D eigenvalue weighted by atomic mass is 79.9. The zero-order valence-corrected chi connectivity index (χ0v) is 15.9. The van der Waals surface area contributed by atoms with Gasteiger partial charge in [-0.1, -0.05) is 15.9 Å². The van der Waals surface area contributed by atoms with Crippen LogP contribution in [0.3, 0.4) is 0 Å². The first-order chi connectivity index (χ1) is 9.06. The second kappa shape index (κ2) is 7.16. The number of rotatable bonds is 4. The first-order valence-corrected chi connectivity index (χ1v) is 9.03. The van der Waals surface area contributed by atoms with E-state index < -0.39 is 0 Å². The lowest BCUT2D eigenvalue weighted by atomic mass is 9.83. The Morgan fingerprint density at radius 3 is 2.26 bits per heavy atom. The fourth-order valence-corrected chi connectivity index (χ4v) is 4.94. The van der Waals surface area contributed by atoms with Gasteiger partial charge in [0.1, 0.15) is 5.75 Å². The van der Waals surface area contributed by atoms with Crippen LogP contribution in [0.1, 0.15) is 12.8 Å². The standard InChI is InChI=1S/C13H15Br3O2S/c14-9-5-10(15)12(11(16)6-9)18-7-13(8-19)1-3-17-4-2-13/h5-6,19H,1-4,7-8H2. The van der Waals surface area contributed by atoms with Crippen molar-refractivity contribution < 1.29 is 9.47 Å². The summed E-state index contributed by atoms with van der Waals surface area (Å²) in [6, 6.07) is 3.97. The Kier molecular flexibility index (Phi) is 6.09. The van der Waals surface area contributed by atoms with E-state index in [0.29, 0.717) is 6.61 Å². The molecule has 0 N–H and O–H groups in total. The van der Waals surface area contributed by atoms with Gasteiger partial charge in [0.2, 0.25) is 0 Å². The van der Waals surface area contributed by atoms with E-state index in [2.05, 4.69) is 60.4 Å². The minimum Gasteiger partial charge on any atom is -0.491 e. The molecule has 0 spiro atoms. The van der Waals surface area contributed by atoms with Gasteiger partial charge in [0.05, 0.1) is 15.6 Å². The number of ether oxygens (including phenoxy) is 2. The van der Waals surface area contributed by atoms with E-state index in [1.54, 1.807) is 0 Å². The summed E-state index contributed by atoms with van der Waals surface area (Å²) in [5, 5.41) is 0. The molecule has 0 radical (unpaired) electrons. The fraction of sp³-hybridized carbons (Fsp3) is 0.538. The van der Waals surface area contributed by atoms with Gasteiger partial charge in [-0.2, -0.15) is 12.6 Å². The Morgan fingerprint density at radius 2 is 1.74 bits per heavy atom. The van der Waals surface area contributed by atoms with Gasteiger partial charge in [0.15, 0.2) is 0 Å². The molecule has 2 nitrogen and oxygen atoms in total. The fourth-order valence-electron chi connectivity index (χ4n) is 2.04. The van der Waals surface area contributed by atoms with E-state index in [0.717, 1.165) is 51.0 Å².